The molecule has 8 N–H and O–H groups in total. The molecule has 82 heavy (non-hydrogen) atoms. The van der Waals surface area contributed by atoms with Gasteiger partial charge in [0.05, 0.1) is 17.0 Å². The number of primary amides is 1. The highest BCUT2D eigenvalue weighted by Gasteiger charge is 2.44. The van der Waals surface area contributed by atoms with Gasteiger partial charge in [-0.1, -0.05) is 111 Å². The van der Waals surface area contributed by atoms with Crippen LogP contribution in [0.2, 0.25) is 0 Å². The molecule has 20 nitrogen and oxygen atoms in total. The summed E-state index contributed by atoms with van der Waals surface area (Å²) in [6.07, 6.45) is 4.49. The van der Waals surface area contributed by atoms with Gasteiger partial charge in [0.2, 0.25) is 35.4 Å². The number of rotatable bonds is 25. The first-order valence-electron chi connectivity index (χ1n) is 27.5. The summed E-state index contributed by atoms with van der Waals surface area (Å²) < 4.78 is 18.6. The third-order valence-electron chi connectivity index (χ3n) is 14.8. The number of unbranched alkanes of at least 4 members (excludes halogenated alkanes) is 5. The zero-order valence-electron chi connectivity index (χ0n) is 45.3. The lowest BCUT2D eigenvalue weighted by molar-refractivity contribution is -0.141. The predicted octanol–water partition coefficient (Wildman–Crippen LogP) is 5.91. The van der Waals surface area contributed by atoms with Gasteiger partial charge in [-0.25, -0.2) is 0 Å². The topological polar surface area (TPSA) is 301 Å². The van der Waals surface area contributed by atoms with Crippen molar-refractivity contribution in [2.45, 2.75) is 133 Å². The number of nitrogens with two attached hydrogens (primary N) is 1. The van der Waals surface area contributed by atoms with E-state index in [0.717, 1.165) is 47.3 Å². The van der Waals surface area contributed by atoms with Crippen molar-refractivity contribution in [2.75, 3.05) is 13.2 Å². The van der Waals surface area contributed by atoms with Crippen molar-refractivity contribution < 1.29 is 62.2 Å². The number of ether oxygens (including phenoxy) is 1. The molecular formula is C60H66N7O13PS. The Bertz CT molecular complexity index is 3300. The molecule has 0 saturated carbocycles. The summed E-state index contributed by atoms with van der Waals surface area (Å²) in [5.41, 5.74) is 7.50. The number of nitrogens with zero attached hydrogens (tertiary/aromatic N) is 2. The van der Waals surface area contributed by atoms with Gasteiger partial charge in [0.15, 0.2) is 0 Å². The van der Waals surface area contributed by atoms with Gasteiger partial charge in [0.25, 0.3) is 17.3 Å². The maximum atomic E-state index is 14.9. The summed E-state index contributed by atoms with van der Waals surface area (Å²) >= 11 is 1.06. The number of nitrogens with one attached hydrogen (secondary N) is 4. The first-order valence-corrected chi connectivity index (χ1v) is 29.9. The second-order valence-electron chi connectivity index (χ2n) is 20.6. The molecule has 5 atom stereocenters. The van der Waals surface area contributed by atoms with E-state index in [4.69, 9.17) is 10.5 Å². The molecule has 1 aromatic heterocycles. The van der Waals surface area contributed by atoms with Gasteiger partial charge in [-0.15, -0.1) is 11.3 Å². The van der Waals surface area contributed by atoms with E-state index in [1.54, 1.807) is 12.1 Å². The molecule has 1 unspecified atom stereocenters. The Kier molecular flexibility index (Phi) is 20.4. The molecule has 22 heteroatoms. The van der Waals surface area contributed by atoms with Gasteiger partial charge in [-0.2, -0.15) is 0 Å². The molecule has 2 fully saturated rings. The number of benzene rings is 4. The first kappa shape index (κ1) is 60.2. The average Bonchev–Trinajstić information content (AvgIpc) is 3.88. The van der Waals surface area contributed by atoms with Crippen LogP contribution in [0.15, 0.2) is 103 Å². The number of carbonyl (C=O) groups is 9. The van der Waals surface area contributed by atoms with Gasteiger partial charge in [0, 0.05) is 66.8 Å². The fourth-order valence-corrected chi connectivity index (χ4v) is 11.9. The van der Waals surface area contributed by atoms with Crippen LogP contribution in [0.1, 0.15) is 149 Å². The Morgan fingerprint density at radius 3 is 2.24 bits per heavy atom. The highest BCUT2D eigenvalue weighted by atomic mass is 32.1. The minimum Gasteiger partial charge on any atom is -0.376 e. The summed E-state index contributed by atoms with van der Waals surface area (Å²) in [5, 5.41) is 11.5. The molecule has 4 heterocycles. The van der Waals surface area contributed by atoms with E-state index in [9.17, 15) is 57.5 Å². The van der Waals surface area contributed by atoms with Gasteiger partial charge in [-0.3, -0.25) is 53.0 Å². The molecule has 430 valence electrons. The van der Waals surface area contributed by atoms with Crippen molar-refractivity contribution >= 4 is 81.8 Å². The molecule has 0 spiro atoms. The number of amides is 8. The lowest BCUT2D eigenvalue weighted by Gasteiger charge is -2.30. The zero-order chi connectivity index (χ0) is 58.5. The van der Waals surface area contributed by atoms with Crippen molar-refractivity contribution in [2.24, 2.45) is 5.73 Å². The Hall–Kier alpha value is -7.86. The molecule has 2 saturated heterocycles. The Balaban J connectivity index is 0.936. The quantitative estimate of drug-likeness (QED) is 0.0155. The fraction of sp³-hybridized carbons (Fsp3) is 0.383. The van der Waals surface area contributed by atoms with E-state index in [1.165, 1.54) is 34.1 Å². The summed E-state index contributed by atoms with van der Waals surface area (Å²) in [5.74, 6) is 2.20. The van der Waals surface area contributed by atoms with Crippen LogP contribution >= 0.6 is 18.9 Å². The second-order valence-corrected chi connectivity index (χ2v) is 23.2. The Morgan fingerprint density at radius 1 is 0.841 bits per heavy atom. The zero-order valence-corrected chi connectivity index (χ0v) is 47.0. The minimum atomic E-state index is -5.08. The maximum absolute atomic E-state index is 14.9. The molecule has 0 bridgehead atoms. The smallest absolute Gasteiger partial charge is 0.376 e. The van der Waals surface area contributed by atoms with Crippen LogP contribution in [-0.2, 0) is 44.6 Å². The standard InChI is InChI=1S/C60H66N7O13PS/c1-2-3-24-46(63-57(73)50-33-41-32-40(25-28-49(41)82-50)60(76)81(77,78)79)59(75)66-35-42(34-48(66)56(72)62-45(26-29-51(61)68)54(70)65-53(38-18-11-8-12-19-38)39-20-13-9-14-21-39)80-31-15-7-5-4-6-10-17-37-22-16-23-43-44(37)36-67(58(43)74)47-27-30-52(69)64-55(47)71/h8-9,11-14,16,18-23,25,28,32-33,42,45-48,53H,2-7,15,24,26-27,29-31,34-36H2,1H3,(H2,61,68)(H,62,72)(H,63,73)(H,65,70)(H,64,69,71)(H2,77,78,79)/t42-,45+,46+,47?,48+/m1/s1. The fourth-order valence-electron chi connectivity index (χ4n) is 10.5. The Labute approximate surface area is 478 Å². The maximum Gasteiger partial charge on any atom is 0.396 e. The number of fused-ring (bicyclic) bond motifs is 2. The van der Waals surface area contributed by atoms with Gasteiger partial charge in [-0.05, 0) is 90.6 Å². The van der Waals surface area contributed by atoms with E-state index in [1.807, 2.05) is 73.7 Å². The average molecular weight is 1160 g/mol. The van der Waals surface area contributed by atoms with E-state index >= 15 is 0 Å². The monoisotopic (exact) mass is 1160 g/mol. The van der Waals surface area contributed by atoms with Crippen molar-refractivity contribution in [1.82, 2.24) is 31.1 Å². The SMILES string of the molecule is CCCC[C@H](NC(=O)c1cc2cc(C(=O)P(=O)(O)O)ccc2s1)C(=O)N1C[C@H](OCCCCCCC#Cc2cccc3c2CN(C2CCC(=O)NC2=O)C3=O)C[C@H]1C(=O)N[C@@H](CCC(N)=O)C(=O)NC(c1ccccc1)c1ccccc1. The number of carbonyl (C=O) groups excluding carboxylic acids is 9. The molecule has 0 aliphatic carbocycles. The van der Waals surface area contributed by atoms with Crippen LogP contribution in [0.3, 0.4) is 0 Å². The second kappa shape index (κ2) is 27.7. The van der Waals surface area contributed by atoms with E-state index in [-0.39, 0.29) is 73.9 Å². The molecule has 5 aromatic rings. The summed E-state index contributed by atoms with van der Waals surface area (Å²) in [7, 11) is -5.08. The van der Waals surface area contributed by atoms with E-state index in [2.05, 4.69) is 33.1 Å². The molecule has 8 rings (SSSR count). The summed E-state index contributed by atoms with van der Waals surface area (Å²) in [6.45, 7) is 2.43. The normalized spacial score (nSPS) is 17.6. The van der Waals surface area contributed by atoms with Crippen LogP contribution in [-0.4, -0.2) is 116 Å². The number of likely N-dealkylation sites (tertiary alicyclic amines) is 1. The lowest BCUT2D eigenvalue weighted by Crippen LogP contribution is -2.56. The summed E-state index contributed by atoms with van der Waals surface area (Å²) in [4.78, 5) is 142. The predicted molar refractivity (Wildman–Crippen MR) is 305 cm³/mol. The van der Waals surface area contributed by atoms with E-state index < -0.39 is 84.9 Å². The van der Waals surface area contributed by atoms with Crippen LogP contribution < -0.4 is 27.0 Å². The summed E-state index contributed by atoms with van der Waals surface area (Å²) in [6, 6.07) is 24.4. The number of thiophene rings is 1. The van der Waals surface area contributed by atoms with Crippen molar-refractivity contribution in [3.63, 3.8) is 0 Å². The molecule has 0 radical (unpaired) electrons. The molecule has 8 amide bonds. The molecule has 3 aliphatic heterocycles. The van der Waals surface area contributed by atoms with Crippen LogP contribution in [0.4, 0.5) is 0 Å². The minimum absolute atomic E-state index is 0.0213. The Morgan fingerprint density at radius 2 is 1.56 bits per heavy atom. The lowest BCUT2D eigenvalue weighted by atomic mass is 9.98. The number of imide groups is 1. The highest BCUT2D eigenvalue weighted by molar-refractivity contribution is 7.70. The molecule has 4 aromatic carbocycles. The van der Waals surface area contributed by atoms with Crippen molar-refractivity contribution in [1.29, 1.82) is 0 Å². The van der Waals surface area contributed by atoms with Gasteiger partial charge in [0.1, 0.15) is 24.2 Å². The van der Waals surface area contributed by atoms with Gasteiger partial charge < -0.3 is 46.0 Å². The molecule has 3 aliphatic rings. The van der Waals surface area contributed by atoms with Crippen molar-refractivity contribution in [3.8, 4) is 11.8 Å². The third kappa shape index (κ3) is 15.2. The number of hydrogen-bond acceptors (Lipinski definition) is 12. The first-order chi connectivity index (χ1) is 39.4. The largest absolute Gasteiger partial charge is 0.396 e. The highest BCUT2D eigenvalue weighted by Crippen LogP contribution is 2.40. The van der Waals surface area contributed by atoms with Crippen LogP contribution in [0.5, 0.6) is 0 Å². The van der Waals surface area contributed by atoms with Crippen molar-refractivity contribution in [3.05, 3.63) is 141 Å². The van der Waals surface area contributed by atoms with Crippen LogP contribution in [0.25, 0.3) is 10.1 Å². The van der Waals surface area contributed by atoms with Crippen LogP contribution in [0, 0.1) is 11.8 Å². The van der Waals surface area contributed by atoms with Gasteiger partial charge >= 0.3 is 7.60 Å². The third-order valence-corrected chi connectivity index (χ3v) is 16.7. The molecular weight excluding hydrogens is 1090 g/mol. The number of piperidine rings is 1. The van der Waals surface area contributed by atoms with E-state index in [0.29, 0.717) is 53.5 Å². The number of hydrogen-bond donors (Lipinski definition) is 7.